The summed E-state index contributed by atoms with van der Waals surface area (Å²) in [6.45, 7) is 1.55. The number of rotatable bonds is 1. The van der Waals surface area contributed by atoms with E-state index in [0.717, 1.165) is 12.1 Å². The maximum absolute atomic E-state index is 13.3. The highest BCUT2D eigenvalue weighted by molar-refractivity contribution is 5.54. The lowest BCUT2D eigenvalue weighted by Crippen LogP contribution is -2.02. The topological polar surface area (TPSA) is 51.6 Å². The SMILES string of the molecule is Cc1nnc(-c2ccc(F)c(F)c2F)nn1. The highest BCUT2D eigenvalue weighted by atomic mass is 19.2. The maximum Gasteiger partial charge on any atom is 0.206 e. The average molecular weight is 226 g/mol. The van der Waals surface area contributed by atoms with Crippen molar-refractivity contribution in [2.24, 2.45) is 0 Å². The molecule has 2 rings (SSSR count). The van der Waals surface area contributed by atoms with Crippen molar-refractivity contribution < 1.29 is 13.2 Å². The summed E-state index contributed by atoms with van der Waals surface area (Å²) in [5.41, 5.74) is -0.279. The van der Waals surface area contributed by atoms with Gasteiger partial charge in [0.15, 0.2) is 23.3 Å². The molecule has 7 heteroatoms. The van der Waals surface area contributed by atoms with Crippen LogP contribution in [0.15, 0.2) is 12.1 Å². The molecule has 0 fully saturated rings. The zero-order valence-corrected chi connectivity index (χ0v) is 8.08. The second-order valence-electron chi connectivity index (χ2n) is 2.99. The molecule has 1 aromatic carbocycles. The van der Waals surface area contributed by atoms with Crippen LogP contribution >= 0.6 is 0 Å². The highest BCUT2D eigenvalue weighted by Gasteiger charge is 2.16. The van der Waals surface area contributed by atoms with E-state index in [1.165, 1.54) is 0 Å². The van der Waals surface area contributed by atoms with E-state index in [0.29, 0.717) is 5.82 Å². The fourth-order valence-electron chi connectivity index (χ4n) is 1.09. The normalized spacial score (nSPS) is 10.5. The quantitative estimate of drug-likeness (QED) is 0.694. The minimum absolute atomic E-state index is 0.193. The maximum atomic E-state index is 13.3. The molecular formula is C9H5F3N4. The molecule has 82 valence electrons. The van der Waals surface area contributed by atoms with Crippen LogP contribution < -0.4 is 0 Å². The lowest BCUT2D eigenvalue weighted by molar-refractivity contribution is 0.448. The number of nitrogens with zero attached hydrogens (tertiary/aromatic N) is 4. The third-order valence-corrected chi connectivity index (χ3v) is 1.85. The lowest BCUT2D eigenvalue weighted by atomic mass is 10.2. The van der Waals surface area contributed by atoms with Gasteiger partial charge in [-0.2, -0.15) is 0 Å². The number of hydrogen-bond acceptors (Lipinski definition) is 4. The standard InChI is InChI=1S/C9H5F3N4/c1-4-13-15-9(16-14-4)5-2-3-6(10)8(12)7(5)11/h2-3H,1H3. The molecule has 2 aromatic rings. The molecule has 0 aliphatic carbocycles. The Morgan fingerprint density at radius 3 is 2.12 bits per heavy atom. The first-order chi connectivity index (χ1) is 7.59. The number of benzene rings is 1. The average Bonchev–Trinajstić information content (AvgIpc) is 2.28. The van der Waals surface area contributed by atoms with E-state index in [1.807, 2.05) is 0 Å². The monoisotopic (exact) mass is 226 g/mol. The van der Waals surface area contributed by atoms with E-state index in [9.17, 15) is 13.2 Å². The smallest absolute Gasteiger partial charge is 0.204 e. The van der Waals surface area contributed by atoms with Crippen molar-refractivity contribution in [2.45, 2.75) is 6.92 Å². The van der Waals surface area contributed by atoms with Crippen molar-refractivity contribution in [3.8, 4) is 11.4 Å². The van der Waals surface area contributed by atoms with Gasteiger partial charge >= 0.3 is 0 Å². The van der Waals surface area contributed by atoms with Crippen LogP contribution in [0.2, 0.25) is 0 Å². The first kappa shape index (κ1) is 10.5. The van der Waals surface area contributed by atoms with Crippen LogP contribution in [0.25, 0.3) is 11.4 Å². The fraction of sp³-hybridized carbons (Fsp3) is 0.111. The van der Waals surface area contributed by atoms with E-state index < -0.39 is 17.5 Å². The Morgan fingerprint density at radius 2 is 1.50 bits per heavy atom. The van der Waals surface area contributed by atoms with Gasteiger partial charge in [-0.05, 0) is 19.1 Å². The third kappa shape index (κ3) is 1.71. The largest absolute Gasteiger partial charge is 0.206 e. The molecule has 4 nitrogen and oxygen atoms in total. The van der Waals surface area contributed by atoms with Gasteiger partial charge in [-0.25, -0.2) is 13.2 Å². The molecule has 0 aliphatic heterocycles. The summed E-state index contributed by atoms with van der Waals surface area (Å²) >= 11 is 0. The van der Waals surface area contributed by atoms with E-state index in [1.54, 1.807) is 6.92 Å². The Labute approximate surface area is 88.2 Å². The van der Waals surface area contributed by atoms with Crippen LogP contribution in [-0.4, -0.2) is 20.4 Å². The Hall–Kier alpha value is -2.05. The number of halogens is 3. The number of hydrogen-bond donors (Lipinski definition) is 0. The molecule has 0 saturated heterocycles. The molecular weight excluding hydrogens is 221 g/mol. The summed E-state index contributed by atoms with van der Waals surface area (Å²) in [5, 5.41) is 14.1. The van der Waals surface area contributed by atoms with Crippen LogP contribution in [0.1, 0.15) is 5.82 Å². The van der Waals surface area contributed by atoms with Crippen LogP contribution in [0, 0.1) is 24.4 Å². The number of aryl methyl sites for hydroxylation is 1. The van der Waals surface area contributed by atoms with Gasteiger partial charge in [0.05, 0.1) is 5.56 Å². The Bertz CT molecular complexity index is 527. The molecule has 0 spiro atoms. The molecule has 1 heterocycles. The first-order valence-corrected chi connectivity index (χ1v) is 4.27. The minimum Gasteiger partial charge on any atom is -0.204 e. The van der Waals surface area contributed by atoms with Crippen molar-refractivity contribution >= 4 is 0 Å². The van der Waals surface area contributed by atoms with Gasteiger partial charge in [-0.3, -0.25) is 0 Å². The summed E-state index contributed by atoms with van der Waals surface area (Å²) in [4.78, 5) is 0. The Morgan fingerprint density at radius 1 is 0.875 bits per heavy atom. The summed E-state index contributed by atoms with van der Waals surface area (Å²) < 4.78 is 38.9. The second kappa shape index (κ2) is 3.84. The predicted molar refractivity (Wildman–Crippen MR) is 47.7 cm³/mol. The van der Waals surface area contributed by atoms with E-state index >= 15 is 0 Å². The van der Waals surface area contributed by atoms with Gasteiger partial charge in [0.1, 0.15) is 0 Å². The third-order valence-electron chi connectivity index (χ3n) is 1.85. The van der Waals surface area contributed by atoms with Gasteiger partial charge in [0, 0.05) is 0 Å². The van der Waals surface area contributed by atoms with Crippen molar-refractivity contribution in [3.05, 3.63) is 35.4 Å². The molecule has 0 radical (unpaired) electrons. The van der Waals surface area contributed by atoms with Crippen LogP contribution in [0.5, 0.6) is 0 Å². The Kier molecular flexibility index (Phi) is 2.51. The molecule has 0 unspecified atom stereocenters. The molecule has 0 N–H and O–H groups in total. The van der Waals surface area contributed by atoms with Crippen molar-refractivity contribution in [1.82, 2.24) is 20.4 Å². The van der Waals surface area contributed by atoms with E-state index in [4.69, 9.17) is 0 Å². The van der Waals surface area contributed by atoms with Crippen LogP contribution in [-0.2, 0) is 0 Å². The van der Waals surface area contributed by atoms with Crippen LogP contribution in [0.3, 0.4) is 0 Å². The van der Waals surface area contributed by atoms with Crippen molar-refractivity contribution in [2.75, 3.05) is 0 Å². The molecule has 0 atom stereocenters. The zero-order valence-electron chi connectivity index (χ0n) is 8.08. The van der Waals surface area contributed by atoms with Crippen LogP contribution in [0.4, 0.5) is 13.2 Å². The second-order valence-corrected chi connectivity index (χ2v) is 2.99. The predicted octanol–water partition coefficient (Wildman–Crippen LogP) is 1.66. The minimum atomic E-state index is -1.57. The molecule has 0 aliphatic rings. The van der Waals surface area contributed by atoms with Gasteiger partial charge in [-0.15, -0.1) is 20.4 Å². The first-order valence-electron chi connectivity index (χ1n) is 4.27. The zero-order chi connectivity index (χ0) is 11.7. The van der Waals surface area contributed by atoms with E-state index in [-0.39, 0.29) is 11.4 Å². The highest BCUT2D eigenvalue weighted by Crippen LogP contribution is 2.21. The van der Waals surface area contributed by atoms with Gasteiger partial charge < -0.3 is 0 Å². The number of aromatic nitrogens is 4. The van der Waals surface area contributed by atoms with Crippen molar-refractivity contribution in [1.29, 1.82) is 0 Å². The van der Waals surface area contributed by atoms with E-state index in [2.05, 4.69) is 20.4 Å². The summed E-state index contributed by atoms with van der Waals surface area (Å²) in [6.07, 6.45) is 0. The summed E-state index contributed by atoms with van der Waals surface area (Å²) in [6, 6.07) is 1.82. The lowest BCUT2D eigenvalue weighted by Gasteiger charge is -2.01. The molecule has 0 saturated carbocycles. The summed E-state index contributed by atoms with van der Waals surface area (Å²) in [5.74, 6) is -4.09. The molecule has 0 amide bonds. The van der Waals surface area contributed by atoms with Gasteiger partial charge in [-0.1, -0.05) is 0 Å². The van der Waals surface area contributed by atoms with Crippen molar-refractivity contribution in [3.63, 3.8) is 0 Å². The Balaban J connectivity index is 2.57. The fourth-order valence-corrected chi connectivity index (χ4v) is 1.09. The van der Waals surface area contributed by atoms with Gasteiger partial charge in [0.25, 0.3) is 0 Å². The summed E-state index contributed by atoms with van der Waals surface area (Å²) in [7, 11) is 0. The molecule has 16 heavy (non-hydrogen) atoms. The molecule has 0 bridgehead atoms. The molecule has 1 aromatic heterocycles. The van der Waals surface area contributed by atoms with Gasteiger partial charge in [0.2, 0.25) is 5.82 Å².